The average molecular weight is 254 g/mol. The van der Waals surface area contributed by atoms with E-state index >= 15 is 0 Å². The van der Waals surface area contributed by atoms with Crippen LogP contribution in [-0.2, 0) is 0 Å². The number of ether oxygens (including phenoxy) is 1. The Labute approximate surface area is 96.1 Å². The van der Waals surface area contributed by atoms with Crippen LogP contribution < -0.4 is 10.5 Å². The molecule has 0 saturated carbocycles. The molecule has 0 heterocycles. The summed E-state index contributed by atoms with van der Waals surface area (Å²) < 4.78 is 40.6. The monoisotopic (exact) mass is 253 g/mol. The minimum Gasteiger partial charge on any atom is -0.484 e. The van der Waals surface area contributed by atoms with Gasteiger partial charge in [-0.1, -0.05) is 11.6 Å². The fourth-order valence-electron chi connectivity index (χ4n) is 1.17. The van der Waals surface area contributed by atoms with E-state index in [1.54, 1.807) is 6.92 Å². The lowest BCUT2D eigenvalue weighted by Gasteiger charge is -2.15. The molecular formula is C10H11ClF3NO. The Hall–Kier alpha value is -0.940. The van der Waals surface area contributed by atoms with Crippen molar-refractivity contribution >= 4 is 11.6 Å². The van der Waals surface area contributed by atoms with E-state index in [9.17, 15) is 13.2 Å². The molecule has 0 aliphatic carbocycles. The normalized spacial score (nSPS) is 13.6. The standard InChI is InChI=1S/C10H11ClF3NO/c1-6(15)8-4-7(11)2-3-9(8)16-5-10(12,13)14/h2-4,6H,5,15H2,1H3/t6-/m1/s1. The van der Waals surface area contributed by atoms with Crippen molar-refractivity contribution in [2.24, 2.45) is 5.73 Å². The maximum atomic E-state index is 12.0. The summed E-state index contributed by atoms with van der Waals surface area (Å²) in [6.07, 6.45) is -4.37. The fraction of sp³-hybridized carbons (Fsp3) is 0.400. The Bertz CT molecular complexity index is 366. The largest absolute Gasteiger partial charge is 0.484 e. The summed E-state index contributed by atoms with van der Waals surface area (Å²) in [5.74, 6) is 0.108. The van der Waals surface area contributed by atoms with E-state index in [4.69, 9.17) is 17.3 Å². The van der Waals surface area contributed by atoms with Gasteiger partial charge in [0.1, 0.15) is 5.75 Å². The van der Waals surface area contributed by atoms with Crippen LogP contribution in [0.2, 0.25) is 5.02 Å². The van der Waals surface area contributed by atoms with Gasteiger partial charge in [-0.2, -0.15) is 13.2 Å². The van der Waals surface area contributed by atoms with Crippen LogP contribution in [0, 0.1) is 0 Å². The molecular weight excluding hydrogens is 243 g/mol. The van der Waals surface area contributed by atoms with Gasteiger partial charge < -0.3 is 10.5 Å². The molecule has 0 aliphatic heterocycles. The number of hydrogen-bond acceptors (Lipinski definition) is 2. The van der Waals surface area contributed by atoms with Crippen molar-refractivity contribution in [1.82, 2.24) is 0 Å². The molecule has 1 aromatic carbocycles. The Kier molecular flexibility index (Phi) is 4.04. The van der Waals surface area contributed by atoms with Crippen LogP contribution >= 0.6 is 11.6 Å². The summed E-state index contributed by atoms with van der Waals surface area (Å²) in [5, 5.41) is 0.409. The predicted octanol–water partition coefficient (Wildman–Crippen LogP) is 3.30. The Morgan fingerprint density at radius 2 is 2.06 bits per heavy atom. The van der Waals surface area contributed by atoms with Crippen LogP contribution in [0.1, 0.15) is 18.5 Å². The van der Waals surface area contributed by atoms with Gasteiger partial charge in [0.05, 0.1) is 0 Å². The van der Waals surface area contributed by atoms with Crippen LogP contribution in [-0.4, -0.2) is 12.8 Å². The van der Waals surface area contributed by atoms with Crippen molar-refractivity contribution in [2.75, 3.05) is 6.61 Å². The second-order valence-electron chi connectivity index (χ2n) is 3.37. The molecule has 0 radical (unpaired) electrons. The van der Waals surface area contributed by atoms with Crippen LogP contribution in [0.3, 0.4) is 0 Å². The van der Waals surface area contributed by atoms with Gasteiger partial charge in [0.25, 0.3) is 0 Å². The molecule has 0 fully saturated rings. The number of nitrogens with two attached hydrogens (primary N) is 1. The van der Waals surface area contributed by atoms with Crippen LogP contribution in [0.25, 0.3) is 0 Å². The van der Waals surface area contributed by atoms with E-state index < -0.39 is 18.8 Å². The first-order valence-corrected chi connectivity index (χ1v) is 4.92. The minimum absolute atomic E-state index is 0.108. The van der Waals surface area contributed by atoms with Gasteiger partial charge in [0.2, 0.25) is 0 Å². The van der Waals surface area contributed by atoms with E-state index in [0.29, 0.717) is 10.6 Å². The van der Waals surface area contributed by atoms with Crippen molar-refractivity contribution in [3.63, 3.8) is 0 Å². The molecule has 2 nitrogen and oxygen atoms in total. The van der Waals surface area contributed by atoms with Gasteiger partial charge >= 0.3 is 6.18 Å². The molecule has 0 unspecified atom stereocenters. The average Bonchev–Trinajstić information content (AvgIpc) is 2.14. The summed E-state index contributed by atoms with van der Waals surface area (Å²) in [6.45, 7) is 0.306. The summed E-state index contributed by atoms with van der Waals surface area (Å²) in [5.41, 5.74) is 6.06. The van der Waals surface area contributed by atoms with E-state index in [0.717, 1.165) is 0 Å². The third-order valence-corrected chi connectivity index (χ3v) is 2.09. The molecule has 1 aromatic rings. The highest BCUT2D eigenvalue weighted by atomic mass is 35.5. The zero-order valence-corrected chi connectivity index (χ0v) is 9.27. The molecule has 90 valence electrons. The third-order valence-electron chi connectivity index (χ3n) is 1.85. The molecule has 0 spiro atoms. The lowest BCUT2D eigenvalue weighted by molar-refractivity contribution is -0.153. The second kappa shape index (κ2) is 4.93. The Balaban J connectivity index is 2.87. The number of benzene rings is 1. The van der Waals surface area contributed by atoms with Crippen molar-refractivity contribution in [3.8, 4) is 5.75 Å². The van der Waals surface area contributed by atoms with Crippen LogP contribution in [0.5, 0.6) is 5.75 Å². The van der Waals surface area contributed by atoms with E-state index in [1.807, 2.05) is 0 Å². The van der Waals surface area contributed by atoms with Crippen molar-refractivity contribution in [3.05, 3.63) is 28.8 Å². The lowest BCUT2D eigenvalue weighted by Crippen LogP contribution is -2.20. The molecule has 0 amide bonds. The van der Waals surface area contributed by atoms with Crippen molar-refractivity contribution in [1.29, 1.82) is 0 Å². The molecule has 2 N–H and O–H groups in total. The summed E-state index contributed by atoms with van der Waals surface area (Å²) in [7, 11) is 0. The summed E-state index contributed by atoms with van der Waals surface area (Å²) in [4.78, 5) is 0. The van der Waals surface area contributed by atoms with Gasteiger partial charge in [0.15, 0.2) is 6.61 Å². The molecule has 16 heavy (non-hydrogen) atoms. The zero-order valence-electron chi connectivity index (χ0n) is 8.51. The summed E-state index contributed by atoms with van der Waals surface area (Å²) in [6, 6.07) is 3.89. The third kappa shape index (κ3) is 3.90. The van der Waals surface area contributed by atoms with Crippen molar-refractivity contribution in [2.45, 2.75) is 19.1 Å². The number of hydrogen-bond donors (Lipinski definition) is 1. The van der Waals surface area contributed by atoms with E-state index in [2.05, 4.69) is 4.74 Å². The van der Waals surface area contributed by atoms with Gasteiger partial charge in [-0.05, 0) is 25.1 Å². The maximum Gasteiger partial charge on any atom is 0.422 e. The second-order valence-corrected chi connectivity index (χ2v) is 3.81. The van der Waals surface area contributed by atoms with Gasteiger partial charge in [0, 0.05) is 16.6 Å². The zero-order chi connectivity index (χ0) is 12.3. The topological polar surface area (TPSA) is 35.2 Å². The smallest absolute Gasteiger partial charge is 0.422 e. The number of alkyl halides is 3. The van der Waals surface area contributed by atoms with E-state index in [1.165, 1.54) is 18.2 Å². The quantitative estimate of drug-likeness (QED) is 0.897. The van der Waals surface area contributed by atoms with Gasteiger partial charge in [-0.3, -0.25) is 0 Å². The summed E-state index contributed by atoms with van der Waals surface area (Å²) >= 11 is 5.72. The van der Waals surface area contributed by atoms with Crippen LogP contribution in [0.4, 0.5) is 13.2 Å². The Morgan fingerprint density at radius 1 is 1.44 bits per heavy atom. The molecule has 0 bridgehead atoms. The molecule has 0 aliphatic rings. The molecule has 0 saturated heterocycles. The fourth-order valence-corrected chi connectivity index (χ4v) is 1.35. The predicted molar refractivity (Wildman–Crippen MR) is 55.6 cm³/mol. The SMILES string of the molecule is C[C@@H](N)c1cc(Cl)ccc1OCC(F)(F)F. The van der Waals surface area contributed by atoms with E-state index in [-0.39, 0.29) is 5.75 Å². The molecule has 1 rings (SSSR count). The minimum atomic E-state index is -4.37. The number of halogens is 4. The highest BCUT2D eigenvalue weighted by Gasteiger charge is 2.29. The number of rotatable bonds is 3. The van der Waals surface area contributed by atoms with Gasteiger partial charge in [-0.15, -0.1) is 0 Å². The highest BCUT2D eigenvalue weighted by Crippen LogP contribution is 2.28. The molecule has 6 heteroatoms. The first-order valence-electron chi connectivity index (χ1n) is 4.54. The Morgan fingerprint density at radius 3 is 2.56 bits per heavy atom. The highest BCUT2D eigenvalue weighted by molar-refractivity contribution is 6.30. The lowest BCUT2D eigenvalue weighted by atomic mass is 10.1. The maximum absolute atomic E-state index is 12.0. The molecule has 0 aromatic heterocycles. The molecule has 1 atom stereocenters. The van der Waals surface area contributed by atoms with Crippen molar-refractivity contribution < 1.29 is 17.9 Å². The first-order chi connectivity index (χ1) is 7.29. The van der Waals surface area contributed by atoms with Crippen LogP contribution in [0.15, 0.2) is 18.2 Å². The van der Waals surface area contributed by atoms with Gasteiger partial charge in [-0.25, -0.2) is 0 Å². The first kappa shape index (κ1) is 13.1.